The first-order valence-corrected chi connectivity index (χ1v) is 11.0. The van der Waals surface area contributed by atoms with Crippen LogP contribution >= 0.6 is 0 Å². The molecular weight excluding hydrogens is 422 g/mol. The van der Waals surface area contributed by atoms with Crippen molar-refractivity contribution in [2.45, 2.75) is 0 Å². The first kappa shape index (κ1) is 21.2. The number of rotatable bonds is 6. The van der Waals surface area contributed by atoms with Crippen LogP contribution < -0.4 is 9.64 Å². The number of carbonyl (C=O) groups excluding carboxylic acids is 1. The fourth-order valence-electron chi connectivity index (χ4n) is 3.86. The number of ether oxygens (including phenoxy) is 1. The Kier molecular flexibility index (Phi) is 5.91. The van der Waals surface area contributed by atoms with Gasteiger partial charge >= 0.3 is 0 Å². The number of para-hydroxylation sites is 3. The fourth-order valence-corrected chi connectivity index (χ4v) is 3.86. The van der Waals surface area contributed by atoms with E-state index in [0.29, 0.717) is 11.3 Å². The highest BCUT2D eigenvalue weighted by atomic mass is 16.5. The van der Waals surface area contributed by atoms with E-state index in [1.165, 1.54) is 0 Å². The maximum Gasteiger partial charge on any atom is 0.266 e. The topological polar surface area (TPSA) is 47.4 Å². The van der Waals surface area contributed by atoms with Crippen molar-refractivity contribution in [3.8, 4) is 22.7 Å². The molecule has 34 heavy (non-hydrogen) atoms. The van der Waals surface area contributed by atoms with Crippen LogP contribution in [0.1, 0.15) is 10.4 Å². The third kappa shape index (κ3) is 4.19. The summed E-state index contributed by atoms with van der Waals surface area (Å²) in [5.74, 6) is 0.583. The van der Waals surface area contributed by atoms with E-state index in [1.54, 1.807) is 22.9 Å². The molecule has 0 aliphatic carbocycles. The van der Waals surface area contributed by atoms with E-state index >= 15 is 0 Å². The van der Waals surface area contributed by atoms with Crippen LogP contribution in [0.25, 0.3) is 16.9 Å². The van der Waals surface area contributed by atoms with E-state index in [0.717, 1.165) is 28.4 Å². The average molecular weight is 446 g/mol. The van der Waals surface area contributed by atoms with E-state index in [2.05, 4.69) is 0 Å². The Hall–Kier alpha value is -4.64. The van der Waals surface area contributed by atoms with Crippen LogP contribution in [0.3, 0.4) is 0 Å². The number of hydrogen-bond acceptors (Lipinski definition) is 3. The first-order valence-electron chi connectivity index (χ1n) is 11.0. The normalized spacial score (nSPS) is 10.6. The molecule has 5 aromatic rings. The van der Waals surface area contributed by atoms with Crippen molar-refractivity contribution < 1.29 is 9.53 Å². The molecule has 1 aromatic heterocycles. The molecule has 0 aliphatic heterocycles. The van der Waals surface area contributed by atoms with Crippen LogP contribution in [0.5, 0.6) is 5.75 Å². The first-order chi connectivity index (χ1) is 16.7. The van der Waals surface area contributed by atoms with Crippen LogP contribution in [0.4, 0.5) is 11.4 Å². The predicted molar refractivity (Wildman–Crippen MR) is 135 cm³/mol. The van der Waals surface area contributed by atoms with Crippen molar-refractivity contribution in [3.05, 3.63) is 127 Å². The summed E-state index contributed by atoms with van der Waals surface area (Å²) in [6, 6.07) is 36.7. The van der Waals surface area contributed by atoms with Gasteiger partial charge in [0.25, 0.3) is 5.91 Å². The zero-order valence-corrected chi connectivity index (χ0v) is 18.7. The third-order valence-electron chi connectivity index (χ3n) is 5.56. The third-order valence-corrected chi connectivity index (χ3v) is 5.56. The number of carbonyl (C=O) groups is 1. The quantitative estimate of drug-likeness (QED) is 0.299. The summed E-state index contributed by atoms with van der Waals surface area (Å²) in [5, 5.41) is 4.83. The number of aromatic nitrogens is 2. The van der Waals surface area contributed by atoms with Crippen LogP contribution in [0.2, 0.25) is 0 Å². The monoisotopic (exact) mass is 445 g/mol. The Labute approximate surface area is 198 Å². The van der Waals surface area contributed by atoms with Gasteiger partial charge in [0.15, 0.2) is 0 Å². The molecule has 0 saturated heterocycles. The largest absolute Gasteiger partial charge is 0.497 e. The molecule has 4 aromatic carbocycles. The van der Waals surface area contributed by atoms with Gasteiger partial charge in [-0.1, -0.05) is 54.6 Å². The SMILES string of the molecule is COc1ccc(-c2nn(-c3ccccc3)cc2C(=O)N(c2ccccc2)c2ccccc2)cc1. The average Bonchev–Trinajstić information content (AvgIpc) is 3.36. The molecule has 0 atom stereocenters. The van der Waals surface area contributed by atoms with Crippen molar-refractivity contribution in [3.63, 3.8) is 0 Å². The number of methoxy groups -OCH3 is 1. The molecule has 5 rings (SSSR count). The number of hydrogen-bond donors (Lipinski definition) is 0. The second-order valence-electron chi connectivity index (χ2n) is 7.71. The van der Waals surface area contributed by atoms with Gasteiger partial charge in [0, 0.05) is 23.1 Å². The van der Waals surface area contributed by atoms with Crippen molar-refractivity contribution in [2.24, 2.45) is 0 Å². The van der Waals surface area contributed by atoms with E-state index in [9.17, 15) is 4.79 Å². The van der Waals surface area contributed by atoms with Crippen LogP contribution in [-0.4, -0.2) is 22.8 Å². The van der Waals surface area contributed by atoms with Crippen molar-refractivity contribution in [1.82, 2.24) is 9.78 Å². The van der Waals surface area contributed by atoms with Gasteiger partial charge in [-0.25, -0.2) is 4.68 Å². The zero-order chi connectivity index (χ0) is 23.3. The minimum Gasteiger partial charge on any atom is -0.497 e. The van der Waals surface area contributed by atoms with Crippen molar-refractivity contribution >= 4 is 17.3 Å². The predicted octanol–water partition coefficient (Wildman–Crippen LogP) is 6.53. The molecule has 5 heteroatoms. The molecule has 0 spiro atoms. The summed E-state index contributed by atoms with van der Waals surface area (Å²) >= 11 is 0. The molecule has 1 amide bonds. The highest BCUT2D eigenvalue weighted by Gasteiger charge is 2.26. The molecule has 0 fully saturated rings. The summed E-state index contributed by atoms with van der Waals surface area (Å²) in [6.45, 7) is 0. The summed E-state index contributed by atoms with van der Waals surface area (Å²) < 4.78 is 7.06. The Morgan fingerprint density at radius 3 is 1.79 bits per heavy atom. The maximum atomic E-state index is 14.2. The lowest BCUT2D eigenvalue weighted by atomic mass is 10.1. The van der Waals surface area contributed by atoms with Gasteiger partial charge in [0.2, 0.25) is 0 Å². The van der Waals surface area contributed by atoms with Gasteiger partial charge in [-0.15, -0.1) is 0 Å². The van der Waals surface area contributed by atoms with E-state index in [-0.39, 0.29) is 5.91 Å². The summed E-state index contributed by atoms with van der Waals surface area (Å²) in [5.41, 5.74) is 4.39. The minimum atomic E-state index is -0.162. The minimum absolute atomic E-state index is 0.162. The summed E-state index contributed by atoms with van der Waals surface area (Å²) in [4.78, 5) is 15.9. The standard InChI is InChI=1S/C29H23N3O2/c1-34-26-19-17-22(18-20-26)28-27(21-31(30-28)23-11-5-2-6-12-23)29(33)32(24-13-7-3-8-14-24)25-15-9-4-10-16-25/h2-21H,1H3. The lowest BCUT2D eigenvalue weighted by molar-refractivity contribution is 0.1000. The van der Waals surface area contributed by atoms with E-state index in [1.807, 2.05) is 115 Å². The molecule has 0 saturated carbocycles. The molecule has 0 radical (unpaired) electrons. The Morgan fingerprint density at radius 2 is 1.26 bits per heavy atom. The number of anilines is 2. The molecule has 0 aliphatic rings. The molecular formula is C29H23N3O2. The molecule has 166 valence electrons. The summed E-state index contributed by atoms with van der Waals surface area (Å²) in [7, 11) is 1.63. The number of nitrogens with zero attached hydrogens (tertiary/aromatic N) is 3. The van der Waals surface area contributed by atoms with Crippen molar-refractivity contribution in [2.75, 3.05) is 12.0 Å². The van der Waals surface area contributed by atoms with Gasteiger partial charge in [0.1, 0.15) is 11.4 Å². The second-order valence-corrected chi connectivity index (χ2v) is 7.71. The molecule has 0 bridgehead atoms. The van der Waals surface area contributed by atoms with Gasteiger partial charge in [-0.05, 0) is 60.7 Å². The highest BCUT2D eigenvalue weighted by Crippen LogP contribution is 2.32. The number of amides is 1. The zero-order valence-electron chi connectivity index (χ0n) is 18.7. The van der Waals surface area contributed by atoms with E-state index in [4.69, 9.17) is 9.84 Å². The van der Waals surface area contributed by atoms with Gasteiger partial charge in [-0.2, -0.15) is 5.10 Å². The lowest BCUT2D eigenvalue weighted by Gasteiger charge is -2.23. The van der Waals surface area contributed by atoms with Gasteiger partial charge < -0.3 is 4.74 Å². The molecule has 1 heterocycles. The smallest absolute Gasteiger partial charge is 0.266 e. The van der Waals surface area contributed by atoms with Crippen LogP contribution in [0.15, 0.2) is 121 Å². The Morgan fingerprint density at radius 1 is 0.735 bits per heavy atom. The van der Waals surface area contributed by atoms with Crippen LogP contribution in [0, 0.1) is 0 Å². The number of benzene rings is 4. The summed E-state index contributed by atoms with van der Waals surface area (Å²) in [6.07, 6.45) is 1.80. The maximum absolute atomic E-state index is 14.2. The van der Waals surface area contributed by atoms with Crippen LogP contribution in [-0.2, 0) is 0 Å². The van der Waals surface area contributed by atoms with Gasteiger partial charge in [-0.3, -0.25) is 9.69 Å². The molecule has 0 unspecified atom stereocenters. The fraction of sp³-hybridized carbons (Fsp3) is 0.0345. The highest BCUT2D eigenvalue weighted by molar-refractivity contribution is 6.13. The second kappa shape index (κ2) is 9.46. The Balaban J connectivity index is 1.67. The van der Waals surface area contributed by atoms with Gasteiger partial charge in [0.05, 0.1) is 18.4 Å². The van der Waals surface area contributed by atoms with Crippen molar-refractivity contribution in [1.29, 1.82) is 0 Å². The molecule has 0 N–H and O–H groups in total. The van der Waals surface area contributed by atoms with E-state index < -0.39 is 0 Å². The molecule has 5 nitrogen and oxygen atoms in total. The lowest BCUT2D eigenvalue weighted by Crippen LogP contribution is -2.26. The Bertz CT molecular complexity index is 1340.